The first-order chi connectivity index (χ1) is 15.2. The summed E-state index contributed by atoms with van der Waals surface area (Å²) >= 11 is 0. The molecule has 0 atom stereocenters. The number of fused-ring (bicyclic) bond motifs is 1. The zero-order valence-corrected chi connectivity index (χ0v) is 18.6. The van der Waals surface area contributed by atoms with E-state index in [0.717, 1.165) is 75.4 Å². The molecule has 1 amide bonds. The van der Waals surface area contributed by atoms with E-state index in [1.807, 2.05) is 23.2 Å². The molecule has 1 aliphatic carbocycles. The highest BCUT2D eigenvalue weighted by atomic mass is 16.2. The SMILES string of the molecule is Cc1cccc(CC(=O)N2CCc3cnc(N4CCN(C5CCC5)CC4)nc3CC2)c1. The Morgan fingerprint density at radius 3 is 2.61 bits per heavy atom. The topological polar surface area (TPSA) is 52.6 Å². The van der Waals surface area contributed by atoms with Gasteiger partial charge in [-0.05, 0) is 37.3 Å². The lowest BCUT2D eigenvalue weighted by atomic mass is 9.91. The van der Waals surface area contributed by atoms with E-state index in [9.17, 15) is 4.79 Å². The van der Waals surface area contributed by atoms with Gasteiger partial charge in [-0.15, -0.1) is 0 Å². The van der Waals surface area contributed by atoms with Crippen LogP contribution in [0.15, 0.2) is 30.5 Å². The number of amides is 1. The van der Waals surface area contributed by atoms with Crippen molar-refractivity contribution in [2.75, 3.05) is 44.2 Å². The van der Waals surface area contributed by atoms with Crippen LogP contribution in [0.5, 0.6) is 0 Å². The van der Waals surface area contributed by atoms with Gasteiger partial charge in [0.15, 0.2) is 0 Å². The molecule has 31 heavy (non-hydrogen) atoms. The Balaban J connectivity index is 1.20. The second-order valence-electron chi connectivity index (χ2n) is 9.30. The average Bonchev–Trinajstić information content (AvgIpc) is 2.95. The molecule has 0 unspecified atom stereocenters. The molecule has 5 rings (SSSR count). The van der Waals surface area contributed by atoms with Crippen molar-refractivity contribution in [1.29, 1.82) is 0 Å². The second-order valence-corrected chi connectivity index (χ2v) is 9.30. The molecule has 2 aromatic rings. The van der Waals surface area contributed by atoms with Crippen LogP contribution in [0.4, 0.5) is 5.95 Å². The standard InChI is InChI=1S/C25H33N5O/c1-19-4-2-5-20(16-19)17-24(31)29-10-8-21-18-26-25(27-23(21)9-11-29)30-14-12-28(13-15-30)22-6-3-7-22/h2,4-5,16,18,22H,3,6-15,17H2,1H3. The van der Waals surface area contributed by atoms with Crippen LogP contribution in [0.25, 0.3) is 0 Å². The number of aryl methyl sites for hydroxylation is 1. The number of benzene rings is 1. The first kappa shape index (κ1) is 20.4. The van der Waals surface area contributed by atoms with E-state index in [0.29, 0.717) is 6.42 Å². The van der Waals surface area contributed by atoms with Crippen LogP contribution in [0.2, 0.25) is 0 Å². The first-order valence-electron chi connectivity index (χ1n) is 11.8. The minimum absolute atomic E-state index is 0.207. The molecule has 6 heteroatoms. The zero-order valence-electron chi connectivity index (χ0n) is 18.6. The molecular formula is C25H33N5O. The fourth-order valence-corrected chi connectivity index (χ4v) is 5.01. The quantitative estimate of drug-likeness (QED) is 0.763. The van der Waals surface area contributed by atoms with Gasteiger partial charge in [0.05, 0.1) is 12.1 Å². The van der Waals surface area contributed by atoms with E-state index in [4.69, 9.17) is 9.97 Å². The number of hydrogen-bond donors (Lipinski definition) is 0. The molecule has 6 nitrogen and oxygen atoms in total. The number of piperazine rings is 1. The molecular weight excluding hydrogens is 386 g/mol. The van der Waals surface area contributed by atoms with E-state index in [1.165, 1.54) is 30.4 Å². The van der Waals surface area contributed by atoms with Gasteiger partial charge in [0.25, 0.3) is 0 Å². The van der Waals surface area contributed by atoms with Crippen molar-refractivity contribution in [1.82, 2.24) is 19.8 Å². The van der Waals surface area contributed by atoms with E-state index < -0.39 is 0 Å². The molecule has 0 spiro atoms. The van der Waals surface area contributed by atoms with Crippen LogP contribution in [0.3, 0.4) is 0 Å². The fraction of sp³-hybridized carbons (Fsp3) is 0.560. The molecule has 0 bridgehead atoms. The van der Waals surface area contributed by atoms with Crippen molar-refractivity contribution in [3.05, 3.63) is 52.8 Å². The number of anilines is 1. The smallest absolute Gasteiger partial charge is 0.227 e. The van der Waals surface area contributed by atoms with Crippen molar-refractivity contribution in [2.45, 2.75) is 51.5 Å². The molecule has 0 radical (unpaired) electrons. The Morgan fingerprint density at radius 2 is 1.87 bits per heavy atom. The van der Waals surface area contributed by atoms with Crippen LogP contribution in [0, 0.1) is 6.92 Å². The van der Waals surface area contributed by atoms with E-state index in [1.54, 1.807) is 0 Å². The molecule has 3 heterocycles. The number of nitrogens with zero attached hydrogens (tertiary/aromatic N) is 5. The average molecular weight is 420 g/mol. The predicted octanol–water partition coefficient (Wildman–Crippen LogP) is 2.63. The van der Waals surface area contributed by atoms with Crippen LogP contribution < -0.4 is 4.90 Å². The summed E-state index contributed by atoms with van der Waals surface area (Å²) in [4.78, 5) is 29.5. The minimum atomic E-state index is 0.207. The normalized spacial score (nSPS) is 20.2. The molecule has 2 fully saturated rings. The van der Waals surface area contributed by atoms with Gasteiger partial charge < -0.3 is 9.80 Å². The monoisotopic (exact) mass is 419 g/mol. The molecule has 2 aliphatic heterocycles. The summed E-state index contributed by atoms with van der Waals surface area (Å²) in [5, 5.41) is 0. The van der Waals surface area contributed by atoms with E-state index >= 15 is 0 Å². The summed E-state index contributed by atoms with van der Waals surface area (Å²) in [6.07, 6.45) is 8.26. The Bertz CT molecular complexity index is 933. The van der Waals surface area contributed by atoms with Crippen LogP contribution in [-0.4, -0.2) is 71.0 Å². The summed E-state index contributed by atoms with van der Waals surface area (Å²) in [6, 6.07) is 9.06. The third-order valence-electron chi connectivity index (χ3n) is 7.19. The van der Waals surface area contributed by atoms with Gasteiger partial charge in [0.2, 0.25) is 11.9 Å². The lowest BCUT2D eigenvalue weighted by Crippen LogP contribution is -2.52. The lowest BCUT2D eigenvalue weighted by Gasteiger charge is -2.43. The minimum Gasteiger partial charge on any atom is -0.342 e. The van der Waals surface area contributed by atoms with Gasteiger partial charge in [-0.2, -0.15) is 0 Å². The maximum atomic E-state index is 12.9. The first-order valence-corrected chi connectivity index (χ1v) is 11.8. The molecule has 3 aliphatic rings. The number of carbonyl (C=O) groups is 1. The highest BCUT2D eigenvalue weighted by Gasteiger charge is 2.29. The highest BCUT2D eigenvalue weighted by Crippen LogP contribution is 2.26. The number of aromatic nitrogens is 2. The van der Waals surface area contributed by atoms with Crippen molar-refractivity contribution in [3.8, 4) is 0 Å². The van der Waals surface area contributed by atoms with E-state index in [-0.39, 0.29) is 5.91 Å². The zero-order chi connectivity index (χ0) is 21.2. The largest absolute Gasteiger partial charge is 0.342 e. The lowest BCUT2D eigenvalue weighted by molar-refractivity contribution is -0.130. The maximum absolute atomic E-state index is 12.9. The number of rotatable bonds is 4. The van der Waals surface area contributed by atoms with Gasteiger partial charge in [-0.3, -0.25) is 9.69 Å². The third-order valence-corrected chi connectivity index (χ3v) is 7.19. The Morgan fingerprint density at radius 1 is 1.06 bits per heavy atom. The molecule has 0 N–H and O–H groups in total. The molecule has 1 aromatic carbocycles. The highest BCUT2D eigenvalue weighted by molar-refractivity contribution is 5.79. The summed E-state index contributed by atoms with van der Waals surface area (Å²) in [5.74, 6) is 1.07. The summed E-state index contributed by atoms with van der Waals surface area (Å²) in [6.45, 7) is 7.81. The van der Waals surface area contributed by atoms with Crippen molar-refractivity contribution in [3.63, 3.8) is 0 Å². The molecule has 164 valence electrons. The van der Waals surface area contributed by atoms with Gasteiger partial charge in [0, 0.05) is 57.9 Å². The second kappa shape index (κ2) is 8.95. The fourth-order valence-electron chi connectivity index (χ4n) is 5.01. The number of carbonyl (C=O) groups excluding carboxylic acids is 1. The summed E-state index contributed by atoms with van der Waals surface area (Å²) < 4.78 is 0. The Kier molecular flexibility index (Phi) is 5.90. The maximum Gasteiger partial charge on any atom is 0.227 e. The predicted molar refractivity (Wildman–Crippen MR) is 122 cm³/mol. The van der Waals surface area contributed by atoms with Gasteiger partial charge in [-0.1, -0.05) is 36.2 Å². The van der Waals surface area contributed by atoms with Gasteiger partial charge in [0.1, 0.15) is 0 Å². The molecule has 1 saturated heterocycles. The van der Waals surface area contributed by atoms with Crippen molar-refractivity contribution in [2.24, 2.45) is 0 Å². The molecule has 1 saturated carbocycles. The Hall–Kier alpha value is -2.47. The third kappa shape index (κ3) is 4.59. The summed E-state index contributed by atoms with van der Waals surface area (Å²) in [5.41, 5.74) is 4.61. The van der Waals surface area contributed by atoms with Gasteiger partial charge in [-0.25, -0.2) is 9.97 Å². The summed E-state index contributed by atoms with van der Waals surface area (Å²) in [7, 11) is 0. The van der Waals surface area contributed by atoms with Crippen LogP contribution in [0.1, 0.15) is 41.6 Å². The van der Waals surface area contributed by atoms with Gasteiger partial charge >= 0.3 is 0 Å². The van der Waals surface area contributed by atoms with Crippen molar-refractivity contribution >= 4 is 11.9 Å². The molecule has 1 aromatic heterocycles. The van der Waals surface area contributed by atoms with Crippen LogP contribution >= 0.6 is 0 Å². The Labute approximate surface area is 185 Å². The van der Waals surface area contributed by atoms with Crippen molar-refractivity contribution < 1.29 is 4.79 Å². The van der Waals surface area contributed by atoms with E-state index in [2.05, 4.69) is 28.9 Å². The number of hydrogen-bond acceptors (Lipinski definition) is 5. The van der Waals surface area contributed by atoms with Crippen LogP contribution in [-0.2, 0) is 24.1 Å².